The van der Waals surface area contributed by atoms with Crippen LogP contribution in [0.25, 0.3) is 0 Å². The van der Waals surface area contributed by atoms with Gasteiger partial charge in [-0.15, -0.1) is 11.3 Å². The highest BCUT2D eigenvalue weighted by molar-refractivity contribution is 7.91. The van der Waals surface area contributed by atoms with Crippen LogP contribution in [-0.4, -0.2) is 49.1 Å². The maximum Gasteiger partial charge on any atom is 0.250 e. The van der Waals surface area contributed by atoms with Crippen molar-refractivity contribution < 1.29 is 23.7 Å². The van der Waals surface area contributed by atoms with E-state index in [1.165, 1.54) is 6.07 Å². The first kappa shape index (κ1) is 15.8. The average molecular weight is 316 g/mol. The van der Waals surface area contributed by atoms with Crippen LogP contribution >= 0.6 is 22.9 Å². The van der Waals surface area contributed by atoms with Crippen molar-refractivity contribution in [1.82, 2.24) is 4.72 Å². The van der Waals surface area contributed by atoms with Gasteiger partial charge in [-0.1, -0.05) is 11.6 Å². The molecule has 9 heteroatoms. The van der Waals surface area contributed by atoms with Crippen LogP contribution in [0.3, 0.4) is 0 Å². The van der Waals surface area contributed by atoms with E-state index in [1.54, 1.807) is 6.92 Å². The van der Waals surface area contributed by atoms with Gasteiger partial charge in [-0.2, -0.15) is 4.72 Å². The summed E-state index contributed by atoms with van der Waals surface area (Å²) < 4.78 is 26.4. The normalized spacial score (nSPS) is 12.9. The summed E-state index contributed by atoms with van der Waals surface area (Å²) in [6.07, 6.45) is 0. The van der Waals surface area contributed by atoms with Crippen molar-refractivity contribution in [2.75, 3.05) is 19.8 Å². The number of hydrogen-bond donors (Lipinski definition) is 4. The highest BCUT2D eigenvalue weighted by Crippen LogP contribution is 2.30. The fourth-order valence-corrected chi connectivity index (χ4v) is 4.23. The maximum atomic E-state index is 12.0. The molecule has 1 rings (SSSR count). The molecule has 18 heavy (non-hydrogen) atoms. The number of aliphatic hydroxyl groups is 3. The highest BCUT2D eigenvalue weighted by atomic mass is 35.5. The third kappa shape index (κ3) is 3.21. The zero-order valence-electron chi connectivity index (χ0n) is 9.55. The van der Waals surface area contributed by atoms with E-state index in [-0.39, 0.29) is 4.21 Å². The lowest BCUT2D eigenvalue weighted by atomic mass is 10.1. The Labute approximate surface area is 114 Å². The fraction of sp³-hybridized carbons (Fsp3) is 0.556. The van der Waals surface area contributed by atoms with Crippen molar-refractivity contribution in [3.8, 4) is 0 Å². The van der Waals surface area contributed by atoms with Gasteiger partial charge in [0.2, 0.25) is 0 Å². The van der Waals surface area contributed by atoms with Gasteiger partial charge in [-0.25, -0.2) is 8.42 Å². The smallest absolute Gasteiger partial charge is 0.250 e. The van der Waals surface area contributed by atoms with Gasteiger partial charge < -0.3 is 15.3 Å². The van der Waals surface area contributed by atoms with Crippen molar-refractivity contribution in [2.24, 2.45) is 0 Å². The molecule has 0 unspecified atom stereocenters. The fourth-order valence-electron chi connectivity index (χ4n) is 1.15. The molecule has 0 saturated heterocycles. The zero-order chi connectivity index (χ0) is 14.0. The first-order valence-electron chi connectivity index (χ1n) is 4.93. The summed E-state index contributed by atoms with van der Waals surface area (Å²) in [6, 6.07) is 1.38. The first-order valence-corrected chi connectivity index (χ1v) is 7.60. The molecule has 0 fully saturated rings. The quantitative estimate of drug-likeness (QED) is 0.577. The number of thiophene rings is 1. The summed E-state index contributed by atoms with van der Waals surface area (Å²) in [7, 11) is -3.95. The number of aryl methyl sites for hydroxylation is 1. The van der Waals surface area contributed by atoms with Crippen LogP contribution in [0.2, 0.25) is 4.34 Å². The van der Waals surface area contributed by atoms with Crippen LogP contribution in [0, 0.1) is 6.92 Å². The minimum atomic E-state index is -3.95. The third-order valence-corrected chi connectivity index (χ3v) is 5.97. The Hall–Kier alpha value is -0.220. The summed E-state index contributed by atoms with van der Waals surface area (Å²) in [5.74, 6) is 0. The summed E-state index contributed by atoms with van der Waals surface area (Å²) in [5.41, 5.74) is -1.08. The van der Waals surface area contributed by atoms with Crippen molar-refractivity contribution in [3.63, 3.8) is 0 Å². The van der Waals surface area contributed by atoms with Crippen LogP contribution in [0.5, 0.6) is 0 Å². The van der Waals surface area contributed by atoms with Gasteiger partial charge in [0, 0.05) is 0 Å². The van der Waals surface area contributed by atoms with E-state index in [4.69, 9.17) is 26.9 Å². The minimum Gasteiger partial charge on any atom is -0.394 e. The molecule has 0 aliphatic carbocycles. The van der Waals surface area contributed by atoms with E-state index >= 15 is 0 Å². The van der Waals surface area contributed by atoms with E-state index in [9.17, 15) is 8.42 Å². The molecule has 0 radical (unpaired) electrons. The topological polar surface area (TPSA) is 107 Å². The Morgan fingerprint density at radius 1 is 1.33 bits per heavy atom. The molecule has 0 spiro atoms. The molecule has 0 bridgehead atoms. The van der Waals surface area contributed by atoms with E-state index in [0.29, 0.717) is 9.90 Å². The molecule has 1 aromatic rings. The molecule has 104 valence electrons. The van der Waals surface area contributed by atoms with Gasteiger partial charge in [-0.3, -0.25) is 0 Å². The largest absolute Gasteiger partial charge is 0.394 e. The van der Waals surface area contributed by atoms with Crippen LogP contribution in [0.4, 0.5) is 0 Å². The van der Waals surface area contributed by atoms with Gasteiger partial charge in [0.05, 0.1) is 24.2 Å². The van der Waals surface area contributed by atoms with E-state index in [0.717, 1.165) is 11.3 Å². The molecule has 0 atom stereocenters. The van der Waals surface area contributed by atoms with Crippen LogP contribution in [0.1, 0.15) is 5.56 Å². The molecule has 6 nitrogen and oxygen atoms in total. The predicted molar refractivity (Wildman–Crippen MR) is 68.4 cm³/mol. The van der Waals surface area contributed by atoms with Gasteiger partial charge >= 0.3 is 0 Å². The predicted octanol–water partition coefficient (Wildman–Crippen LogP) is -0.296. The molecule has 1 heterocycles. The second-order valence-corrected chi connectivity index (χ2v) is 7.45. The zero-order valence-corrected chi connectivity index (χ0v) is 11.9. The molecule has 4 N–H and O–H groups in total. The Bertz CT molecular complexity index is 481. The average Bonchev–Trinajstić information content (AvgIpc) is 2.68. The van der Waals surface area contributed by atoms with Crippen molar-refractivity contribution in [3.05, 3.63) is 16.0 Å². The van der Waals surface area contributed by atoms with Crippen molar-refractivity contribution in [2.45, 2.75) is 16.7 Å². The summed E-state index contributed by atoms with van der Waals surface area (Å²) in [4.78, 5) is 0. The number of hydrogen-bond acceptors (Lipinski definition) is 6. The number of sulfonamides is 1. The van der Waals surface area contributed by atoms with Crippen LogP contribution < -0.4 is 4.72 Å². The monoisotopic (exact) mass is 315 g/mol. The first-order chi connectivity index (χ1) is 8.30. The lowest BCUT2D eigenvalue weighted by Crippen LogP contribution is -2.56. The highest BCUT2D eigenvalue weighted by Gasteiger charge is 2.34. The Balaban J connectivity index is 3.08. The molecule has 0 aromatic carbocycles. The summed E-state index contributed by atoms with van der Waals surface area (Å²) in [6.45, 7) is -0.513. The molecule has 0 aliphatic heterocycles. The second kappa shape index (κ2) is 5.83. The Morgan fingerprint density at radius 3 is 2.17 bits per heavy atom. The summed E-state index contributed by atoms with van der Waals surface area (Å²) >= 11 is 6.65. The Kier molecular flexibility index (Phi) is 5.13. The molecule has 1 aromatic heterocycles. The van der Waals surface area contributed by atoms with Gasteiger partial charge in [0.15, 0.2) is 0 Å². The standard InChI is InChI=1S/C9H14ClNO5S2/c1-6-2-7(17-8(6)10)18(15,16)11-9(3-12,4-13)5-14/h2,11-14H,3-5H2,1H3. The summed E-state index contributed by atoms with van der Waals surface area (Å²) in [5, 5.41) is 27.2. The molecular weight excluding hydrogens is 302 g/mol. The number of rotatable bonds is 6. The number of aliphatic hydroxyl groups excluding tert-OH is 3. The maximum absolute atomic E-state index is 12.0. The van der Waals surface area contributed by atoms with Gasteiger partial charge in [0.25, 0.3) is 10.0 Å². The lowest BCUT2D eigenvalue weighted by Gasteiger charge is -2.27. The van der Waals surface area contributed by atoms with Gasteiger partial charge in [-0.05, 0) is 18.6 Å². The lowest BCUT2D eigenvalue weighted by molar-refractivity contribution is 0.0582. The van der Waals surface area contributed by atoms with E-state index in [2.05, 4.69) is 4.72 Å². The molecule has 0 saturated carbocycles. The minimum absolute atomic E-state index is 0.0373. The number of nitrogens with one attached hydrogen (secondary N) is 1. The SMILES string of the molecule is Cc1cc(S(=O)(=O)NC(CO)(CO)CO)sc1Cl. The molecule has 0 amide bonds. The van der Waals surface area contributed by atoms with Crippen molar-refractivity contribution >= 4 is 33.0 Å². The van der Waals surface area contributed by atoms with Crippen molar-refractivity contribution in [1.29, 1.82) is 0 Å². The molecule has 0 aliphatic rings. The third-order valence-electron chi connectivity index (χ3n) is 2.36. The van der Waals surface area contributed by atoms with Crippen LogP contribution in [-0.2, 0) is 10.0 Å². The second-order valence-electron chi connectivity index (χ2n) is 3.88. The van der Waals surface area contributed by atoms with Gasteiger partial charge in [0.1, 0.15) is 9.75 Å². The number of halogens is 1. The van der Waals surface area contributed by atoms with E-state index in [1.807, 2.05) is 0 Å². The van der Waals surface area contributed by atoms with Crippen LogP contribution in [0.15, 0.2) is 10.3 Å². The molecular formula is C9H14ClNO5S2. The Morgan fingerprint density at radius 2 is 1.83 bits per heavy atom. The van der Waals surface area contributed by atoms with E-state index < -0.39 is 35.4 Å².